The Hall–Kier alpha value is -6.94. The Bertz CT molecular complexity index is 3210. The fourth-order valence-electron chi connectivity index (χ4n) is 8.16. The van der Waals surface area contributed by atoms with Crippen molar-refractivity contribution < 1.29 is 4.42 Å². The summed E-state index contributed by atoms with van der Waals surface area (Å²) in [6, 6.07) is 72.3. The normalized spacial score (nSPS) is 11.6. The largest absolute Gasteiger partial charge is 0.456 e. The van der Waals surface area contributed by atoms with E-state index >= 15 is 0 Å². The van der Waals surface area contributed by atoms with Crippen molar-refractivity contribution in [2.24, 2.45) is 0 Å². The number of furan rings is 1. The number of rotatable bonds is 6. The maximum Gasteiger partial charge on any atom is 0.136 e. The van der Waals surface area contributed by atoms with Gasteiger partial charge < -0.3 is 9.32 Å². The van der Waals surface area contributed by atoms with Crippen LogP contribution < -0.4 is 4.90 Å². The predicted octanol–water partition coefficient (Wildman–Crippen LogP) is 15.6. The molecule has 3 heteroatoms. The highest BCUT2D eigenvalue weighted by molar-refractivity contribution is 7.25. The van der Waals surface area contributed by atoms with Crippen molar-refractivity contribution in [3.8, 4) is 33.4 Å². The van der Waals surface area contributed by atoms with Gasteiger partial charge in [0.15, 0.2) is 0 Å². The number of nitrogens with zero attached hydrogens (tertiary/aromatic N) is 1. The maximum atomic E-state index is 6.28. The van der Waals surface area contributed by atoms with Crippen LogP contribution >= 0.6 is 11.3 Å². The van der Waals surface area contributed by atoms with Crippen molar-refractivity contribution in [1.82, 2.24) is 0 Å². The molecule has 2 heterocycles. The lowest BCUT2D eigenvalue weighted by Gasteiger charge is -2.26. The second-order valence-corrected chi connectivity index (χ2v) is 15.2. The molecule has 0 aliphatic heterocycles. The fourth-order valence-corrected chi connectivity index (χ4v) is 9.24. The molecule has 11 rings (SSSR count). The zero-order chi connectivity index (χ0) is 36.3. The average molecular weight is 720 g/mol. The van der Waals surface area contributed by atoms with Crippen LogP contribution in [0.25, 0.3) is 86.3 Å². The maximum absolute atomic E-state index is 6.28. The summed E-state index contributed by atoms with van der Waals surface area (Å²) in [5.41, 5.74) is 12.2. The standard InChI is InChI=1S/C52H33NOS/c1-2-10-37-31-38(20-19-34(37)9-1)35-21-26-41(27-22-35)53(42-28-23-36(24-29-42)39-25-30-51-47(33-39)45-13-4-6-18-50(45)55-51)43-12-7-11-40(32-43)44-15-8-17-49-52(44)46-14-3-5-16-48(46)54-49/h1-33H. The van der Waals surface area contributed by atoms with Crippen LogP contribution in [0, 0.1) is 0 Å². The van der Waals surface area contributed by atoms with E-state index in [1.165, 1.54) is 53.2 Å². The van der Waals surface area contributed by atoms with Crippen LogP contribution in [0.2, 0.25) is 0 Å². The average Bonchev–Trinajstić information content (AvgIpc) is 3.82. The third-order valence-corrected chi connectivity index (χ3v) is 12.0. The minimum absolute atomic E-state index is 0.898. The van der Waals surface area contributed by atoms with E-state index in [0.717, 1.165) is 50.1 Å². The van der Waals surface area contributed by atoms with Gasteiger partial charge in [0.2, 0.25) is 0 Å². The quantitative estimate of drug-likeness (QED) is 0.170. The van der Waals surface area contributed by atoms with Gasteiger partial charge in [0, 0.05) is 48.0 Å². The molecule has 0 amide bonds. The minimum atomic E-state index is 0.898. The molecule has 0 N–H and O–H groups in total. The Labute approximate surface area is 322 Å². The molecule has 55 heavy (non-hydrogen) atoms. The first-order chi connectivity index (χ1) is 27.2. The number of para-hydroxylation sites is 1. The van der Waals surface area contributed by atoms with Gasteiger partial charge in [0.25, 0.3) is 0 Å². The first-order valence-corrected chi connectivity index (χ1v) is 19.5. The number of hydrogen-bond donors (Lipinski definition) is 0. The molecule has 0 fully saturated rings. The lowest BCUT2D eigenvalue weighted by atomic mass is 9.98. The molecule has 0 aliphatic carbocycles. The highest BCUT2D eigenvalue weighted by atomic mass is 32.1. The van der Waals surface area contributed by atoms with Gasteiger partial charge in [-0.15, -0.1) is 11.3 Å². The summed E-state index contributed by atoms with van der Waals surface area (Å²) in [6.45, 7) is 0. The number of anilines is 3. The van der Waals surface area contributed by atoms with Gasteiger partial charge in [-0.05, 0) is 117 Å². The van der Waals surface area contributed by atoms with E-state index < -0.39 is 0 Å². The second-order valence-electron chi connectivity index (χ2n) is 14.1. The molecular formula is C52H33NOS. The molecule has 0 atom stereocenters. The summed E-state index contributed by atoms with van der Waals surface area (Å²) in [7, 11) is 0. The fraction of sp³-hybridized carbons (Fsp3) is 0. The van der Waals surface area contributed by atoms with Gasteiger partial charge in [0.1, 0.15) is 11.2 Å². The second kappa shape index (κ2) is 12.9. The molecule has 2 nitrogen and oxygen atoms in total. The zero-order valence-electron chi connectivity index (χ0n) is 29.8. The summed E-state index contributed by atoms with van der Waals surface area (Å²) in [5.74, 6) is 0. The van der Waals surface area contributed by atoms with Crippen LogP contribution in [0.15, 0.2) is 205 Å². The number of thiophene rings is 1. The van der Waals surface area contributed by atoms with Gasteiger partial charge >= 0.3 is 0 Å². The van der Waals surface area contributed by atoms with E-state index in [0.29, 0.717) is 0 Å². The Kier molecular flexibility index (Phi) is 7.39. The van der Waals surface area contributed by atoms with Crippen molar-refractivity contribution >= 4 is 81.3 Å². The predicted molar refractivity (Wildman–Crippen MR) is 235 cm³/mol. The van der Waals surface area contributed by atoms with E-state index in [1.54, 1.807) is 0 Å². The van der Waals surface area contributed by atoms with Crippen LogP contribution in [0.4, 0.5) is 17.1 Å². The molecule has 11 aromatic rings. The summed E-state index contributed by atoms with van der Waals surface area (Å²) in [4.78, 5) is 2.36. The van der Waals surface area contributed by atoms with Gasteiger partial charge in [-0.1, -0.05) is 127 Å². The van der Waals surface area contributed by atoms with Gasteiger partial charge in [-0.25, -0.2) is 0 Å². The van der Waals surface area contributed by atoms with Crippen molar-refractivity contribution in [2.75, 3.05) is 4.90 Å². The first-order valence-electron chi connectivity index (χ1n) is 18.7. The smallest absolute Gasteiger partial charge is 0.136 e. The Morgan fingerprint density at radius 2 is 0.964 bits per heavy atom. The Balaban J connectivity index is 1.02. The summed E-state index contributed by atoms with van der Waals surface area (Å²) in [6.07, 6.45) is 0. The summed E-state index contributed by atoms with van der Waals surface area (Å²) in [5, 5.41) is 7.39. The zero-order valence-corrected chi connectivity index (χ0v) is 30.6. The Morgan fingerprint density at radius 1 is 0.345 bits per heavy atom. The molecule has 0 spiro atoms. The van der Waals surface area contributed by atoms with Crippen LogP contribution in [-0.4, -0.2) is 0 Å². The van der Waals surface area contributed by atoms with Crippen molar-refractivity contribution in [2.45, 2.75) is 0 Å². The number of hydrogen-bond acceptors (Lipinski definition) is 3. The van der Waals surface area contributed by atoms with Gasteiger partial charge in [-0.3, -0.25) is 0 Å². The molecule has 0 aliphatic rings. The molecule has 0 bridgehead atoms. The molecule has 0 saturated carbocycles. The molecule has 0 radical (unpaired) electrons. The van der Waals surface area contributed by atoms with Crippen molar-refractivity contribution in [3.05, 3.63) is 200 Å². The molecule has 0 saturated heterocycles. The topological polar surface area (TPSA) is 16.4 Å². The minimum Gasteiger partial charge on any atom is -0.456 e. The lowest BCUT2D eigenvalue weighted by molar-refractivity contribution is 0.669. The van der Waals surface area contributed by atoms with Crippen LogP contribution in [-0.2, 0) is 0 Å². The lowest BCUT2D eigenvalue weighted by Crippen LogP contribution is -2.10. The Morgan fingerprint density at radius 3 is 1.78 bits per heavy atom. The monoisotopic (exact) mass is 719 g/mol. The first kappa shape index (κ1) is 31.6. The number of fused-ring (bicyclic) bond motifs is 7. The third kappa shape index (κ3) is 5.48. The third-order valence-electron chi connectivity index (χ3n) is 10.9. The van der Waals surface area contributed by atoms with Gasteiger partial charge in [0.05, 0.1) is 0 Å². The molecule has 9 aromatic carbocycles. The van der Waals surface area contributed by atoms with E-state index in [1.807, 2.05) is 23.5 Å². The van der Waals surface area contributed by atoms with E-state index in [-0.39, 0.29) is 0 Å². The van der Waals surface area contributed by atoms with E-state index in [9.17, 15) is 0 Å². The summed E-state index contributed by atoms with van der Waals surface area (Å²) >= 11 is 1.86. The van der Waals surface area contributed by atoms with E-state index in [2.05, 4.69) is 193 Å². The highest BCUT2D eigenvalue weighted by Crippen LogP contribution is 2.42. The molecule has 0 unspecified atom stereocenters. The molecular weight excluding hydrogens is 687 g/mol. The highest BCUT2D eigenvalue weighted by Gasteiger charge is 2.17. The van der Waals surface area contributed by atoms with Crippen molar-refractivity contribution in [3.63, 3.8) is 0 Å². The van der Waals surface area contributed by atoms with E-state index in [4.69, 9.17) is 4.42 Å². The van der Waals surface area contributed by atoms with Crippen LogP contribution in [0.3, 0.4) is 0 Å². The van der Waals surface area contributed by atoms with Crippen molar-refractivity contribution in [1.29, 1.82) is 0 Å². The summed E-state index contributed by atoms with van der Waals surface area (Å²) < 4.78 is 8.92. The van der Waals surface area contributed by atoms with Gasteiger partial charge in [-0.2, -0.15) is 0 Å². The van der Waals surface area contributed by atoms with Crippen LogP contribution in [0.5, 0.6) is 0 Å². The van der Waals surface area contributed by atoms with Crippen LogP contribution in [0.1, 0.15) is 0 Å². The SMILES string of the molecule is c1cc(-c2cccc3oc4ccccc4c23)cc(N(c2ccc(-c3ccc4ccccc4c3)cc2)c2ccc(-c3ccc4sc5ccccc5c4c3)cc2)c1. The molecule has 2 aromatic heterocycles. The molecule has 258 valence electrons. The number of benzene rings is 9.